The number of alkyl halides is 3. The first-order chi connectivity index (χ1) is 17.7. The number of ether oxygens (including phenoxy) is 1. The number of piperidine rings is 1. The van der Waals surface area contributed by atoms with Crippen molar-refractivity contribution in [1.29, 1.82) is 0 Å². The van der Waals surface area contributed by atoms with Crippen LogP contribution in [0.2, 0.25) is 0 Å². The Bertz CT molecular complexity index is 1260. The Morgan fingerprint density at radius 2 is 1.78 bits per heavy atom. The molecule has 196 valence electrons. The molecule has 0 saturated carbocycles. The minimum absolute atomic E-state index is 0.169. The molecule has 1 aliphatic heterocycles. The van der Waals surface area contributed by atoms with Crippen molar-refractivity contribution in [3.63, 3.8) is 0 Å². The van der Waals surface area contributed by atoms with Gasteiger partial charge in [-0.15, -0.1) is 0 Å². The number of hydrogen-bond donors (Lipinski definition) is 4. The van der Waals surface area contributed by atoms with Gasteiger partial charge in [-0.05, 0) is 37.1 Å². The predicted molar refractivity (Wildman–Crippen MR) is 138 cm³/mol. The topological polar surface area (TPSA) is 105 Å². The summed E-state index contributed by atoms with van der Waals surface area (Å²) in [7, 11) is 2.98. The van der Waals surface area contributed by atoms with Gasteiger partial charge in [-0.3, -0.25) is 4.79 Å². The zero-order valence-corrected chi connectivity index (χ0v) is 20.5. The zero-order chi connectivity index (χ0) is 26.6. The van der Waals surface area contributed by atoms with E-state index in [-0.39, 0.29) is 28.8 Å². The fourth-order valence-electron chi connectivity index (χ4n) is 4.20. The van der Waals surface area contributed by atoms with Crippen LogP contribution in [0.1, 0.15) is 28.8 Å². The summed E-state index contributed by atoms with van der Waals surface area (Å²) >= 11 is 0. The van der Waals surface area contributed by atoms with Gasteiger partial charge in [0.15, 0.2) is 0 Å². The molecule has 11 heteroatoms. The van der Waals surface area contributed by atoms with Gasteiger partial charge in [-0.1, -0.05) is 12.1 Å². The highest BCUT2D eigenvalue weighted by molar-refractivity contribution is 6.00. The van der Waals surface area contributed by atoms with Gasteiger partial charge >= 0.3 is 6.18 Å². The molecule has 1 aliphatic rings. The van der Waals surface area contributed by atoms with Crippen molar-refractivity contribution in [2.24, 2.45) is 5.73 Å². The van der Waals surface area contributed by atoms with Crippen LogP contribution in [0.3, 0.4) is 0 Å². The Morgan fingerprint density at radius 3 is 2.46 bits per heavy atom. The van der Waals surface area contributed by atoms with Crippen molar-refractivity contribution >= 4 is 34.5 Å². The van der Waals surface area contributed by atoms with Crippen molar-refractivity contribution in [3.8, 4) is 5.75 Å². The van der Waals surface area contributed by atoms with Crippen LogP contribution in [0.25, 0.3) is 0 Å². The lowest BCUT2D eigenvalue weighted by Gasteiger charge is -2.32. The molecule has 0 atom stereocenters. The van der Waals surface area contributed by atoms with Gasteiger partial charge in [0.1, 0.15) is 11.6 Å². The smallest absolute Gasteiger partial charge is 0.419 e. The standard InChI is InChI=1S/C26H29F3N6O2/c1-31-25(36)18-5-3-4-6-20(18)33-22-14-24(32-15-19(22)26(27,28)29)34-21-8-7-17(13-23(21)37-2)35-11-9-16(30)10-12-35/h3-8,13-16H,9-12,30H2,1-2H3,(H,31,36)(H2,32,33,34). The summed E-state index contributed by atoms with van der Waals surface area (Å²) in [5.74, 6) is 0.265. The Morgan fingerprint density at radius 1 is 1.05 bits per heavy atom. The molecule has 0 spiro atoms. The number of halogens is 3. The lowest BCUT2D eigenvalue weighted by Crippen LogP contribution is -2.39. The molecule has 5 N–H and O–H groups in total. The van der Waals surface area contributed by atoms with E-state index in [0.717, 1.165) is 37.8 Å². The van der Waals surface area contributed by atoms with Crippen LogP contribution < -0.4 is 31.3 Å². The molecular weight excluding hydrogens is 485 g/mol. The number of para-hydroxylation sites is 1. The third-order valence-corrected chi connectivity index (χ3v) is 6.23. The van der Waals surface area contributed by atoms with E-state index in [2.05, 4.69) is 25.8 Å². The van der Waals surface area contributed by atoms with Crippen LogP contribution in [0.5, 0.6) is 5.75 Å². The minimum Gasteiger partial charge on any atom is -0.494 e. The molecule has 0 bridgehead atoms. The number of aromatic nitrogens is 1. The fourth-order valence-corrected chi connectivity index (χ4v) is 4.20. The van der Waals surface area contributed by atoms with Crippen LogP contribution in [0, 0.1) is 0 Å². The summed E-state index contributed by atoms with van der Waals surface area (Å²) in [6.07, 6.45) is -2.11. The molecule has 1 fully saturated rings. The second kappa shape index (κ2) is 11.0. The Balaban J connectivity index is 1.64. The first-order valence-corrected chi connectivity index (χ1v) is 11.8. The normalized spacial score (nSPS) is 14.3. The maximum atomic E-state index is 13.8. The van der Waals surface area contributed by atoms with Crippen molar-refractivity contribution in [2.45, 2.75) is 25.1 Å². The molecule has 3 aromatic rings. The second-order valence-corrected chi connectivity index (χ2v) is 8.70. The van der Waals surface area contributed by atoms with E-state index < -0.39 is 17.6 Å². The molecule has 2 aromatic carbocycles. The van der Waals surface area contributed by atoms with Crippen LogP contribution in [-0.4, -0.2) is 44.2 Å². The molecule has 37 heavy (non-hydrogen) atoms. The Kier molecular flexibility index (Phi) is 7.72. The summed E-state index contributed by atoms with van der Waals surface area (Å²) in [5, 5.41) is 8.31. The van der Waals surface area contributed by atoms with Crippen molar-refractivity contribution in [3.05, 3.63) is 65.9 Å². The molecule has 8 nitrogen and oxygen atoms in total. The van der Waals surface area contributed by atoms with E-state index in [1.807, 2.05) is 12.1 Å². The van der Waals surface area contributed by atoms with E-state index in [1.54, 1.807) is 18.2 Å². The molecular formula is C26H29F3N6O2. The minimum atomic E-state index is -4.66. The van der Waals surface area contributed by atoms with E-state index in [1.165, 1.54) is 32.4 Å². The van der Waals surface area contributed by atoms with E-state index >= 15 is 0 Å². The summed E-state index contributed by atoms with van der Waals surface area (Å²) in [4.78, 5) is 18.4. The average molecular weight is 515 g/mol. The van der Waals surface area contributed by atoms with Crippen LogP contribution in [0.15, 0.2) is 54.7 Å². The largest absolute Gasteiger partial charge is 0.494 e. The van der Waals surface area contributed by atoms with Gasteiger partial charge in [0.25, 0.3) is 5.91 Å². The number of nitrogens with one attached hydrogen (secondary N) is 3. The number of nitrogens with two attached hydrogens (primary N) is 1. The molecule has 2 heterocycles. The lowest BCUT2D eigenvalue weighted by atomic mass is 10.1. The number of carbonyl (C=O) groups is 1. The number of amides is 1. The van der Waals surface area contributed by atoms with E-state index in [4.69, 9.17) is 10.5 Å². The fraction of sp³-hybridized carbons (Fsp3) is 0.308. The van der Waals surface area contributed by atoms with Gasteiger partial charge in [-0.2, -0.15) is 13.2 Å². The number of benzene rings is 2. The number of nitrogens with zero attached hydrogens (tertiary/aromatic N) is 2. The number of anilines is 5. The third-order valence-electron chi connectivity index (χ3n) is 6.23. The van der Waals surface area contributed by atoms with Gasteiger partial charge < -0.3 is 31.3 Å². The van der Waals surface area contributed by atoms with Crippen molar-refractivity contribution in [1.82, 2.24) is 10.3 Å². The molecule has 1 aromatic heterocycles. The summed E-state index contributed by atoms with van der Waals surface area (Å²) < 4.78 is 46.9. The quantitative estimate of drug-likeness (QED) is 0.356. The lowest BCUT2D eigenvalue weighted by molar-refractivity contribution is -0.137. The maximum absolute atomic E-state index is 13.8. The SMILES string of the molecule is CNC(=O)c1ccccc1Nc1cc(Nc2ccc(N3CCC(N)CC3)cc2OC)ncc1C(F)(F)F. The number of methoxy groups -OCH3 is 1. The molecule has 1 amide bonds. The monoisotopic (exact) mass is 514 g/mol. The van der Waals surface area contributed by atoms with Crippen LogP contribution in [-0.2, 0) is 6.18 Å². The number of pyridine rings is 1. The molecule has 0 radical (unpaired) electrons. The number of rotatable bonds is 7. The molecule has 0 aliphatic carbocycles. The van der Waals surface area contributed by atoms with Crippen molar-refractivity contribution < 1.29 is 22.7 Å². The van der Waals surface area contributed by atoms with Gasteiger partial charge in [0.05, 0.1) is 35.3 Å². The third kappa shape index (κ3) is 6.05. The second-order valence-electron chi connectivity index (χ2n) is 8.70. The summed E-state index contributed by atoms with van der Waals surface area (Å²) in [5.41, 5.74) is 6.75. The molecule has 0 unspecified atom stereocenters. The van der Waals surface area contributed by atoms with Crippen LogP contribution >= 0.6 is 0 Å². The van der Waals surface area contributed by atoms with E-state index in [0.29, 0.717) is 11.4 Å². The van der Waals surface area contributed by atoms with Crippen molar-refractivity contribution in [2.75, 3.05) is 42.8 Å². The highest BCUT2D eigenvalue weighted by Crippen LogP contribution is 2.39. The first kappa shape index (κ1) is 26.1. The number of hydrogen-bond acceptors (Lipinski definition) is 7. The van der Waals surface area contributed by atoms with Crippen LogP contribution in [0.4, 0.5) is 41.7 Å². The van der Waals surface area contributed by atoms with Gasteiger partial charge in [0, 0.05) is 50.2 Å². The Hall–Kier alpha value is -3.99. The Labute approximate surface area is 213 Å². The summed E-state index contributed by atoms with van der Waals surface area (Å²) in [6, 6.07) is 13.4. The molecule has 1 saturated heterocycles. The maximum Gasteiger partial charge on any atom is 0.419 e. The highest BCUT2D eigenvalue weighted by Gasteiger charge is 2.34. The van der Waals surface area contributed by atoms with E-state index in [9.17, 15) is 18.0 Å². The first-order valence-electron chi connectivity index (χ1n) is 11.8. The number of carbonyl (C=O) groups excluding carboxylic acids is 1. The predicted octanol–water partition coefficient (Wildman–Crippen LogP) is 4.88. The van der Waals surface area contributed by atoms with Gasteiger partial charge in [0.2, 0.25) is 0 Å². The zero-order valence-electron chi connectivity index (χ0n) is 20.5. The molecule has 4 rings (SSSR count). The summed E-state index contributed by atoms with van der Waals surface area (Å²) in [6.45, 7) is 1.67. The average Bonchev–Trinajstić information content (AvgIpc) is 2.89. The van der Waals surface area contributed by atoms with Gasteiger partial charge in [-0.25, -0.2) is 4.98 Å². The highest BCUT2D eigenvalue weighted by atomic mass is 19.4.